The van der Waals surface area contributed by atoms with E-state index in [1.807, 2.05) is 0 Å². The maximum Gasteiger partial charge on any atom is 0.244 e. The van der Waals surface area contributed by atoms with E-state index in [1.54, 1.807) is 30.2 Å². The van der Waals surface area contributed by atoms with Crippen molar-refractivity contribution in [3.8, 4) is 0 Å². The first kappa shape index (κ1) is 14.6. The van der Waals surface area contributed by atoms with E-state index in [2.05, 4.69) is 10.1 Å². The fourth-order valence-corrected chi connectivity index (χ4v) is 2.86. The van der Waals surface area contributed by atoms with Gasteiger partial charge in [-0.3, -0.25) is 9.67 Å². The van der Waals surface area contributed by atoms with Crippen LogP contribution in [0.1, 0.15) is 11.3 Å². The van der Waals surface area contributed by atoms with Crippen LogP contribution in [0.4, 0.5) is 0 Å². The van der Waals surface area contributed by atoms with Crippen LogP contribution in [0, 0.1) is 0 Å². The molecule has 0 fully saturated rings. The number of nitrogens with zero attached hydrogens (tertiary/aromatic N) is 4. The van der Waals surface area contributed by atoms with Gasteiger partial charge in [-0.05, 0) is 12.1 Å². The molecule has 0 aliphatic rings. The minimum absolute atomic E-state index is 0.154. The molecule has 0 saturated carbocycles. The van der Waals surface area contributed by atoms with Crippen LogP contribution in [0.2, 0.25) is 0 Å². The second-order valence-corrected chi connectivity index (χ2v) is 6.52. The second-order valence-electron chi connectivity index (χ2n) is 4.47. The number of pyridine rings is 1. The van der Waals surface area contributed by atoms with Gasteiger partial charge >= 0.3 is 0 Å². The van der Waals surface area contributed by atoms with Gasteiger partial charge in [0.05, 0.1) is 11.9 Å². The highest BCUT2D eigenvalue weighted by Gasteiger charge is 2.21. The topological polar surface area (TPSA) is 94.1 Å². The summed E-state index contributed by atoms with van der Waals surface area (Å²) in [5.41, 5.74) is 6.92. The van der Waals surface area contributed by atoms with Gasteiger partial charge in [0.2, 0.25) is 10.0 Å². The van der Waals surface area contributed by atoms with Crippen LogP contribution in [0.15, 0.2) is 35.6 Å². The van der Waals surface area contributed by atoms with Gasteiger partial charge in [0.1, 0.15) is 4.90 Å². The standard InChI is InChI=1S/C12H17N5O2S/c1-16-8-10(6-15-16)9-17(2)20(18,19)12-4-3-11(5-13)14-7-12/h3-4,6-8H,5,9,13H2,1-2H3. The van der Waals surface area contributed by atoms with Crippen molar-refractivity contribution in [2.45, 2.75) is 18.0 Å². The van der Waals surface area contributed by atoms with Crippen LogP contribution in [0.3, 0.4) is 0 Å². The Bertz CT molecular complexity index is 678. The Balaban J connectivity index is 2.19. The van der Waals surface area contributed by atoms with Crippen LogP contribution in [0.5, 0.6) is 0 Å². The van der Waals surface area contributed by atoms with Crippen LogP contribution >= 0.6 is 0 Å². The normalized spacial score (nSPS) is 12.0. The van der Waals surface area contributed by atoms with E-state index in [4.69, 9.17) is 5.73 Å². The molecule has 0 atom stereocenters. The molecule has 8 heteroatoms. The smallest absolute Gasteiger partial charge is 0.244 e. The molecule has 2 N–H and O–H groups in total. The quantitative estimate of drug-likeness (QED) is 0.844. The predicted molar refractivity (Wildman–Crippen MR) is 74.0 cm³/mol. The van der Waals surface area contributed by atoms with Crippen molar-refractivity contribution in [1.29, 1.82) is 0 Å². The average Bonchev–Trinajstić information content (AvgIpc) is 2.84. The summed E-state index contributed by atoms with van der Waals surface area (Å²) < 4.78 is 27.6. The SMILES string of the molecule is CN(Cc1cnn(C)c1)S(=O)(=O)c1ccc(CN)nc1. The van der Waals surface area contributed by atoms with Gasteiger partial charge < -0.3 is 5.73 Å². The maximum absolute atomic E-state index is 12.4. The predicted octanol–water partition coefficient (Wildman–Crippen LogP) is 0.0945. The summed E-state index contributed by atoms with van der Waals surface area (Å²) in [6.45, 7) is 0.542. The number of aryl methyl sites for hydroxylation is 1. The second kappa shape index (κ2) is 5.70. The Morgan fingerprint density at radius 3 is 2.60 bits per heavy atom. The number of nitrogens with two attached hydrogens (primary N) is 1. The van der Waals surface area contributed by atoms with Gasteiger partial charge in [0.25, 0.3) is 0 Å². The Hall–Kier alpha value is -1.77. The zero-order valence-corrected chi connectivity index (χ0v) is 12.2. The van der Waals surface area contributed by atoms with Crippen LogP contribution in [-0.4, -0.2) is 34.5 Å². The molecular weight excluding hydrogens is 278 g/mol. The summed E-state index contributed by atoms with van der Waals surface area (Å²) in [4.78, 5) is 4.16. The van der Waals surface area contributed by atoms with Crippen LogP contribution in [-0.2, 0) is 30.2 Å². The molecule has 0 saturated heterocycles. The van der Waals surface area contributed by atoms with Gasteiger partial charge in [0.15, 0.2) is 0 Å². The maximum atomic E-state index is 12.4. The van der Waals surface area contributed by atoms with Crippen molar-refractivity contribution in [2.75, 3.05) is 7.05 Å². The van der Waals surface area contributed by atoms with Crippen molar-refractivity contribution >= 4 is 10.0 Å². The fourth-order valence-electron chi connectivity index (χ4n) is 1.76. The van der Waals surface area contributed by atoms with Gasteiger partial charge in [-0.15, -0.1) is 0 Å². The highest BCUT2D eigenvalue weighted by atomic mass is 32.2. The molecule has 0 unspecified atom stereocenters. The van der Waals surface area contributed by atoms with Crippen molar-refractivity contribution in [3.63, 3.8) is 0 Å². The zero-order valence-electron chi connectivity index (χ0n) is 11.4. The number of aromatic nitrogens is 3. The van der Waals surface area contributed by atoms with Gasteiger partial charge in [-0.2, -0.15) is 9.40 Å². The Kier molecular flexibility index (Phi) is 4.17. The van der Waals surface area contributed by atoms with E-state index in [1.165, 1.54) is 23.6 Å². The monoisotopic (exact) mass is 295 g/mol. The molecule has 0 spiro atoms. The van der Waals surface area contributed by atoms with Crippen molar-refractivity contribution in [1.82, 2.24) is 19.1 Å². The molecular formula is C12H17N5O2S. The molecule has 0 aliphatic carbocycles. The molecule has 0 aliphatic heterocycles. The van der Waals surface area contributed by atoms with Crippen molar-refractivity contribution < 1.29 is 8.42 Å². The first-order chi connectivity index (χ1) is 9.43. The largest absolute Gasteiger partial charge is 0.325 e. The molecule has 0 bridgehead atoms. The first-order valence-corrected chi connectivity index (χ1v) is 7.46. The third-order valence-electron chi connectivity index (χ3n) is 2.88. The number of rotatable bonds is 5. The summed E-state index contributed by atoms with van der Waals surface area (Å²) in [6, 6.07) is 3.13. The van der Waals surface area contributed by atoms with Crippen LogP contribution < -0.4 is 5.73 Å². The molecule has 0 amide bonds. The van der Waals surface area contributed by atoms with Gasteiger partial charge in [-0.1, -0.05) is 0 Å². The van der Waals surface area contributed by atoms with Gasteiger partial charge in [-0.25, -0.2) is 8.42 Å². The van der Waals surface area contributed by atoms with E-state index in [0.717, 1.165) is 5.56 Å². The molecule has 7 nitrogen and oxygen atoms in total. The minimum Gasteiger partial charge on any atom is -0.325 e. The van der Waals surface area contributed by atoms with Gasteiger partial charge in [0, 0.05) is 45.1 Å². The summed E-state index contributed by atoms with van der Waals surface area (Å²) in [7, 11) is -0.248. The molecule has 2 aromatic rings. The Morgan fingerprint density at radius 1 is 1.35 bits per heavy atom. The Morgan fingerprint density at radius 2 is 2.10 bits per heavy atom. The molecule has 2 heterocycles. The minimum atomic E-state index is -3.56. The lowest BCUT2D eigenvalue weighted by molar-refractivity contribution is 0.466. The summed E-state index contributed by atoms with van der Waals surface area (Å²) in [5, 5.41) is 4.02. The first-order valence-electron chi connectivity index (χ1n) is 6.02. The van der Waals surface area contributed by atoms with Crippen molar-refractivity contribution in [2.24, 2.45) is 12.8 Å². The molecule has 2 aromatic heterocycles. The number of hydrogen-bond donors (Lipinski definition) is 1. The molecule has 0 radical (unpaired) electrons. The van der Waals surface area contributed by atoms with E-state index in [0.29, 0.717) is 5.69 Å². The van der Waals surface area contributed by atoms with E-state index >= 15 is 0 Å². The highest BCUT2D eigenvalue weighted by molar-refractivity contribution is 7.89. The fraction of sp³-hybridized carbons (Fsp3) is 0.333. The lowest BCUT2D eigenvalue weighted by atomic mass is 10.4. The molecule has 20 heavy (non-hydrogen) atoms. The Labute approximate surface area is 118 Å². The third-order valence-corrected chi connectivity index (χ3v) is 4.67. The lowest BCUT2D eigenvalue weighted by Crippen LogP contribution is -2.26. The third kappa shape index (κ3) is 3.03. The summed E-state index contributed by atoms with van der Waals surface area (Å²) in [6.07, 6.45) is 4.75. The van der Waals surface area contributed by atoms with Crippen molar-refractivity contribution in [3.05, 3.63) is 42.0 Å². The van der Waals surface area contributed by atoms with E-state index in [-0.39, 0.29) is 18.0 Å². The van der Waals surface area contributed by atoms with E-state index in [9.17, 15) is 8.42 Å². The van der Waals surface area contributed by atoms with Crippen LogP contribution in [0.25, 0.3) is 0 Å². The molecule has 108 valence electrons. The molecule has 0 aromatic carbocycles. The lowest BCUT2D eigenvalue weighted by Gasteiger charge is -2.16. The zero-order chi connectivity index (χ0) is 14.8. The average molecular weight is 295 g/mol. The highest BCUT2D eigenvalue weighted by Crippen LogP contribution is 2.15. The summed E-state index contributed by atoms with van der Waals surface area (Å²) >= 11 is 0. The van der Waals surface area contributed by atoms with E-state index < -0.39 is 10.0 Å². The molecule has 2 rings (SSSR count). The number of sulfonamides is 1. The summed E-state index contributed by atoms with van der Waals surface area (Å²) in [5.74, 6) is 0. The number of hydrogen-bond acceptors (Lipinski definition) is 5.